The minimum Gasteiger partial charge on any atom is -0.291 e. The van der Waals surface area contributed by atoms with Crippen LogP contribution in [0.3, 0.4) is 0 Å². The van der Waals surface area contributed by atoms with Crippen molar-refractivity contribution in [3.8, 4) is 0 Å². The van der Waals surface area contributed by atoms with Gasteiger partial charge in [-0.05, 0) is 37.5 Å². The van der Waals surface area contributed by atoms with Gasteiger partial charge in [-0.25, -0.2) is 0 Å². The smallest absolute Gasteiger partial charge is 0.202 e. The number of hydrogen-bond donors (Lipinski definition) is 0. The molecule has 0 bridgehead atoms. The molecule has 0 spiro atoms. The van der Waals surface area contributed by atoms with E-state index in [0.717, 1.165) is 25.7 Å². The van der Waals surface area contributed by atoms with Crippen LogP contribution in [0.15, 0.2) is 0 Å². The fourth-order valence-electron chi connectivity index (χ4n) is 4.36. The Morgan fingerprint density at radius 2 is 1.00 bits per heavy atom. The van der Waals surface area contributed by atoms with Gasteiger partial charge in [0.05, 0.1) is 0 Å². The van der Waals surface area contributed by atoms with Crippen molar-refractivity contribution in [1.82, 2.24) is 0 Å². The number of rotatable bonds is 0. The Kier molecular flexibility index (Phi) is 2.61. The zero-order valence-electron chi connectivity index (χ0n) is 9.78. The van der Waals surface area contributed by atoms with Gasteiger partial charge in [0.15, 0.2) is 0 Å². The average molecular weight is 220 g/mol. The molecule has 0 N–H and O–H groups in total. The molecule has 2 heteroatoms. The molecule has 3 fully saturated rings. The third kappa shape index (κ3) is 1.46. The number of carbonyl (C=O) groups is 2. The van der Waals surface area contributed by atoms with Crippen LogP contribution in [0.5, 0.6) is 0 Å². The minimum atomic E-state index is -0.00662. The lowest BCUT2D eigenvalue weighted by atomic mass is 9.57. The molecule has 16 heavy (non-hydrogen) atoms. The summed E-state index contributed by atoms with van der Waals surface area (Å²) in [5.41, 5.74) is 0. The van der Waals surface area contributed by atoms with Crippen molar-refractivity contribution in [1.29, 1.82) is 0 Å². The first-order chi connectivity index (χ1) is 7.79. The van der Waals surface area contributed by atoms with E-state index in [4.69, 9.17) is 0 Å². The highest BCUT2D eigenvalue weighted by Gasteiger charge is 2.49. The van der Waals surface area contributed by atoms with Crippen molar-refractivity contribution in [2.45, 2.75) is 51.4 Å². The number of hydrogen-bond acceptors (Lipinski definition) is 2. The van der Waals surface area contributed by atoms with E-state index >= 15 is 0 Å². The Morgan fingerprint density at radius 1 is 0.625 bits per heavy atom. The van der Waals surface area contributed by atoms with Crippen LogP contribution in [0.4, 0.5) is 0 Å². The molecule has 3 aliphatic carbocycles. The lowest BCUT2D eigenvalue weighted by Gasteiger charge is -2.45. The topological polar surface area (TPSA) is 34.1 Å². The van der Waals surface area contributed by atoms with Crippen molar-refractivity contribution >= 4 is 11.6 Å². The molecular formula is C14H20O2. The highest BCUT2D eigenvalue weighted by Crippen LogP contribution is 2.48. The average Bonchev–Trinajstić information content (AvgIpc) is 2.36. The monoisotopic (exact) mass is 220 g/mol. The number of ketones is 2. The first-order valence-electron chi connectivity index (χ1n) is 6.87. The van der Waals surface area contributed by atoms with Crippen LogP contribution in [-0.2, 0) is 9.59 Å². The molecule has 3 aliphatic rings. The first kappa shape index (κ1) is 10.5. The lowest BCUT2D eigenvalue weighted by molar-refractivity contribution is -0.151. The summed E-state index contributed by atoms with van der Waals surface area (Å²) in [7, 11) is 0. The van der Waals surface area contributed by atoms with E-state index in [1.807, 2.05) is 0 Å². The summed E-state index contributed by atoms with van der Waals surface area (Å²) in [6.07, 6.45) is 9.21. The van der Waals surface area contributed by atoms with Crippen molar-refractivity contribution in [2.75, 3.05) is 0 Å². The second-order valence-electron chi connectivity index (χ2n) is 5.84. The summed E-state index contributed by atoms with van der Waals surface area (Å²) < 4.78 is 0. The van der Waals surface area contributed by atoms with Crippen molar-refractivity contribution in [2.24, 2.45) is 23.7 Å². The molecule has 0 radical (unpaired) electrons. The third-order valence-corrected chi connectivity index (χ3v) is 5.11. The second-order valence-corrected chi connectivity index (χ2v) is 5.84. The van der Waals surface area contributed by atoms with Gasteiger partial charge in [0, 0.05) is 11.8 Å². The zero-order valence-corrected chi connectivity index (χ0v) is 9.78. The van der Waals surface area contributed by atoms with E-state index in [1.165, 1.54) is 25.7 Å². The second kappa shape index (κ2) is 3.97. The van der Waals surface area contributed by atoms with Crippen molar-refractivity contribution in [3.63, 3.8) is 0 Å². The molecule has 0 saturated heterocycles. The Morgan fingerprint density at radius 3 is 1.44 bits per heavy atom. The van der Waals surface area contributed by atoms with Crippen LogP contribution >= 0.6 is 0 Å². The maximum Gasteiger partial charge on any atom is 0.202 e. The summed E-state index contributed by atoms with van der Waals surface area (Å²) in [6, 6.07) is 0. The standard InChI is InChI=1S/C14H20O2/c15-13-11-7-3-1-5-9(11)10-6-2-4-8-12(10)14(13)16/h9-12H,1-8H2/t9-,10-,11-,12-/m0/s1. The molecule has 3 rings (SSSR count). The number of fused-ring (bicyclic) bond motifs is 3. The Bertz CT molecular complexity index is 289. The normalized spacial score (nSPS) is 43.8. The van der Waals surface area contributed by atoms with Crippen LogP contribution < -0.4 is 0 Å². The summed E-state index contributed by atoms with van der Waals surface area (Å²) >= 11 is 0. The minimum absolute atomic E-state index is 0.00662. The molecular weight excluding hydrogens is 200 g/mol. The molecule has 0 aliphatic heterocycles. The van der Waals surface area contributed by atoms with Gasteiger partial charge >= 0.3 is 0 Å². The van der Waals surface area contributed by atoms with Gasteiger partial charge in [0.1, 0.15) is 0 Å². The lowest BCUT2D eigenvalue weighted by Crippen LogP contribution is -2.49. The maximum absolute atomic E-state index is 12.1. The SMILES string of the molecule is O=C1C(=O)[C@H]2CCCC[C@H]2[C@@H]2CCCC[C@H]12. The zero-order chi connectivity index (χ0) is 11.1. The van der Waals surface area contributed by atoms with E-state index in [0.29, 0.717) is 11.8 Å². The highest BCUT2D eigenvalue weighted by molar-refractivity contribution is 6.39. The predicted octanol–water partition coefficient (Wildman–Crippen LogP) is 2.75. The van der Waals surface area contributed by atoms with Crippen LogP contribution in [0.2, 0.25) is 0 Å². The predicted molar refractivity (Wildman–Crippen MR) is 60.9 cm³/mol. The maximum atomic E-state index is 12.1. The Hall–Kier alpha value is -0.660. The van der Waals surface area contributed by atoms with Crippen molar-refractivity contribution < 1.29 is 9.59 Å². The van der Waals surface area contributed by atoms with Crippen LogP contribution in [-0.4, -0.2) is 11.6 Å². The molecule has 0 unspecified atom stereocenters. The van der Waals surface area contributed by atoms with Crippen LogP contribution in [0, 0.1) is 23.7 Å². The fourth-order valence-corrected chi connectivity index (χ4v) is 4.36. The van der Waals surface area contributed by atoms with E-state index in [9.17, 15) is 9.59 Å². The molecule has 4 atom stereocenters. The molecule has 0 aromatic rings. The third-order valence-electron chi connectivity index (χ3n) is 5.11. The molecule has 0 amide bonds. The van der Waals surface area contributed by atoms with Crippen LogP contribution in [0.1, 0.15) is 51.4 Å². The van der Waals surface area contributed by atoms with Gasteiger partial charge in [-0.15, -0.1) is 0 Å². The summed E-state index contributed by atoms with van der Waals surface area (Å²) in [5, 5.41) is 0. The fraction of sp³-hybridized carbons (Fsp3) is 0.857. The van der Waals surface area contributed by atoms with E-state index in [2.05, 4.69) is 0 Å². The van der Waals surface area contributed by atoms with Gasteiger partial charge in [0.25, 0.3) is 0 Å². The number of carbonyl (C=O) groups excluding carboxylic acids is 2. The van der Waals surface area contributed by atoms with E-state index < -0.39 is 0 Å². The summed E-state index contributed by atoms with van der Waals surface area (Å²) in [5.74, 6) is 1.33. The largest absolute Gasteiger partial charge is 0.291 e. The van der Waals surface area contributed by atoms with Crippen LogP contribution in [0.25, 0.3) is 0 Å². The molecule has 88 valence electrons. The Labute approximate surface area is 96.8 Å². The molecule has 0 aromatic heterocycles. The van der Waals surface area contributed by atoms with E-state index in [1.54, 1.807) is 0 Å². The molecule has 0 heterocycles. The molecule has 0 aromatic carbocycles. The number of Topliss-reactive ketones (excluding diaryl/α,β-unsaturated/α-hetero) is 2. The summed E-state index contributed by atoms with van der Waals surface area (Å²) in [6.45, 7) is 0. The highest BCUT2D eigenvalue weighted by atomic mass is 16.2. The molecule has 3 saturated carbocycles. The molecule has 2 nitrogen and oxygen atoms in total. The van der Waals surface area contributed by atoms with Gasteiger partial charge in [-0.3, -0.25) is 9.59 Å². The Balaban J connectivity index is 1.90. The van der Waals surface area contributed by atoms with Gasteiger partial charge in [0.2, 0.25) is 11.6 Å². The van der Waals surface area contributed by atoms with Crippen molar-refractivity contribution in [3.05, 3.63) is 0 Å². The van der Waals surface area contributed by atoms with Gasteiger partial charge < -0.3 is 0 Å². The van der Waals surface area contributed by atoms with Gasteiger partial charge in [-0.1, -0.05) is 25.7 Å². The quantitative estimate of drug-likeness (QED) is 0.588. The summed E-state index contributed by atoms with van der Waals surface area (Å²) in [4.78, 5) is 24.1. The van der Waals surface area contributed by atoms with E-state index in [-0.39, 0.29) is 23.4 Å². The first-order valence-corrected chi connectivity index (χ1v) is 6.87. The van der Waals surface area contributed by atoms with Gasteiger partial charge in [-0.2, -0.15) is 0 Å².